The van der Waals surface area contributed by atoms with E-state index in [4.69, 9.17) is 10.7 Å². The number of benzene rings is 2. The van der Waals surface area contributed by atoms with E-state index < -0.39 is 0 Å². The van der Waals surface area contributed by atoms with Gasteiger partial charge in [-0.05, 0) is 55.8 Å². The fourth-order valence-electron chi connectivity index (χ4n) is 4.79. The van der Waals surface area contributed by atoms with Crippen molar-refractivity contribution in [2.24, 2.45) is 16.6 Å². The van der Waals surface area contributed by atoms with Gasteiger partial charge in [0.1, 0.15) is 0 Å². The number of halogens is 1. The van der Waals surface area contributed by atoms with Gasteiger partial charge in [0.25, 0.3) is 0 Å². The van der Waals surface area contributed by atoms with Crippen molar-refractivity contribution in [2.75, 3.05) is 26.2 Å². The number of primary amides is 1. The predicted molar refractivity (Wildman–Crippen MR) is 149 cm³/mol. The zero-order chi connectivity index (χ0) is 23.1. The number of nitrogens with zero attached hydrogens (tertiary/aromatic N) is 2. The first-order valence-electron chi connectivity index (χ1n) is 12.3. The number of carbonyl (C=O) groups excluding carboxylic acids is 1. The molecule has 1 aliphatic heterocycles. The largest absolute Gasteiger partial charge is 0.369 e. The van der Waals surface area contributed by atoms with Gasteiger partial charge in [-0.3, -0.25) is 9.69 Å². The zero-order valence-electron chi connectivity index (χ0n) is 20.1. The molecule has 0 aromatic heterocycles. The third-order valence-corrected chi connectivity index (χ3v) is 6.90. The van der Waals surface area contributed by atoms with Crippen LogP contribution in [0.5, 0.6) is 0 Å². The summed E-state index contributed by atoms with van der Waals surface area (Å²) in [5.74, 6) is 0.669. The minimum atomic E-state index is -0.175. The van der Waals surface area contributed by atoms with Gasteiger partial charge in [-0.1, -0.05) is 54.6 Å². The second kappa shape index (κ2) is 12.5. The summed E-state index contributed by atoms with van der Waals surface area (Å²) in [5.41, 5.74) is 9.64. The van der Waals surface area contributed by atoms with Gasteiger partial charge in [-0.15, -0.1) is 24.0 Å². The highest BCUT2D eigenvalue weighted by Gasteiger charge is 2.44. The number of amides is 1. The van der Waals surface area contributed by atoms with E-state index in [1.807, 2.05) is 0 Å². The molecule has 1 saturated carbocycles. The molecule has 184 valence electrons. The molecule has 34 heavy (non-hydrogen) atoms. The van der Waals surface area contributed by atoms with Crippen molar-refractivity contribution in [2.45, 2.75) is 51.1 Å². The number of aliphatic imine (C=N–C) groups is 1. The summed E-state index contributed by atoms with van der Waals surface area (Å²) >= 11 is 0. The average molecular weight is 576 g/mol. The van der Waals surface area contributed by atoms with Crippen LogP contribution in [0.3, 0.4) is 0 Å². The molecule has 1 aliphatic carbocycles. The van der Waals surface area contributed by atoms with Crippen molar-refractivity contribution >= 4 is 35.8 Å². The van der Waals surface area contributed by atoms with Crippen LogP contribution in [0, 0.1) is 5.92 Å². The summed E-state index contributed by atoms with van der Waals surface area (Å²) in [7, 11) is 0. The van der Waals surface area contributed by atoms with Crippen LogP contribution in [-0.4, -0.2) is 42.9 Å². The molecule has 4 N–H and O–H groups in total. The maximum Gasteiger partial charge on any atom is 0.221 e. The van der Waals surface area contributed by atoms with Gasteiger partial charge in [0.2, 0.25) is 5.91 Å². The van der Waals surface area contributed by atoms with E-state index >= 15 is 0 Å². The molecule has 0 radical (unpaired) electrons. The number of carbonyl (C=O) groups is 1. The molecular weight excluding hydrogens is 537 g/mol. The van der Waals surface area contributed by atoms with Crippen molar-refractivity contribution in [1.82, 2.24) is 15.5 Å². The summed E-state index contributed by atoms with van der Waals surface area (Å²) in [4.78, 5) is 18.8. The molecule has 2 aromatic carbocycles. The highest BCUT2D eigenvalue weighted by atomic mass is 127. The summed E-state index contributed by atoms with van der Waals surface area (Å²) in [6, 6.07) is 19.4. The first-order valence-corrected chi connectivity index (χ1v) is 12.3. The Bertz CT molecular complexity index is 961. The van der Waals surface area contributed by atoms with Crippen molar-refractivity contribution in [3.05, 3.63) is 71.3 Å². The van der Waals surface area contributed by atoms with Crippen molar-refractivity contribution in [3.63, 3.8) is 0 Å². The van der Waals surface area contributed by atoms with Gasteiger partial charge in [0.15, 0.2) is 5.96 Å². The molecule has 4 rings (SSSR count). The summed E-state index contributed by atoms with van der Waals surface area (Å²) < 4.78 is 0. The Balaban J connectivity index is 0.00000324. The second-order valence-electron chi connectivity index (χ2n) is 9.49. The standard InChI is InChI=1S/C27H37N5O.HI/c1-2-29-26(31-20-27(13-14-27)24-11-4-3-5-12-24)30-17-21-8-6-9-22(16-21)18-32-15-7-10-23(19-32)25(28)33;/h3-6,8-9,11-12,16,23H,2,7,10,13-15,17-20H2,1H3,(H2,28,33)(H2,29,30,31);1H. The second-order valence-corrected chi connectivity index (χ2v) is 9.49. The first kappa shape index (κ1) is 26.5. The fourth-order valence-corrected chi connectivity index (χ4v) is 4.79. The number of nitrogens with one attached hydrogen (secondary N) is 2. The maximum atomic E-state index is 11.6. The molecule has 6 nitrogen and oxygen atoms in total. The molecular formula is C27H38IN5O. The SMILES string of the molecule is CCNC(=NCc1cccc(CN2CCCC(C(N)=O)C2)c1)NCC1(c2ccccc2)CC1.I. The van der Waals surface area contributed by atoms with Gasteiger partial charge in [-0.25, -0.2) is 4.99 Å². The third kappa shape index (κ3) is 7.18. The Labute approximate surface area is 220 Å². The summed E-state index contributed by atoms with van der Waals surface area (Å²) in [6.07, 6.45) is 4.38. The van der Waals surface area contributed by atoms with Gasteiger partial charge >= 0.3 is 0 Å². The maximum absolute atomic E-state index is 11.6. The number of hydrogen-bond donors (Lipinski definition) is 3. The molecule has 2 aliphatic rings. The number of likely N-dealkylation sites (tertiary alicyclic amines) is 1. The van der Waals surface area contributed by atoms with Crippen LogP contribution in [0.15, 0.2) is 59.6 Å². The molecule has 1 amide bonds. The minimum absolute atomic E-state index is 0. The smallest absolute Gasteiger partial charge is 0.221 e. The highest BCUT2D eigenvalue weighted by Crippen LogP contribution is 2.47. The third-order valence-electron chi connectivity index (χ3n) is 6.90. The van der Waals surface area contributed by atoms with Crippen LogP contribution in [0.2, 0.25) is 0 Å². The molecule has 2 fully saturated rings. The van der Waals surface area contributed by atoms with E-state index in [1.165, 1.54) is 29.5 Å². The topological polar surface area (TPSA) is 82.8 Å². The number of hydrogen-bond acceptors (Lipinski definition) is 3. The lowest BCUT2D eigenvalue weighted by Gasteiger charge is -2.31. The molecule has 0 spiro atoms. The van der Waals surface area contributed by atoms with E-state index in [0.29, 0.717) is 6.54 Å². The monoisotopic (exact) mass is 575 g/mol. The Hall–Kier alpha value is -2.13. The highest BCUT2D eigenvalue weighted by molar-refractivity contribution is 14.0. The number of guanidine groups is 1. The normalized spacial score (nSPS) is 19.7. The summed E-state index contributed by atoms with van der Waals surface area (Å²) in [6.45, 7) is 7.09. The quantitative estimate of drug-likeness (QED) is 0.242. The van der Waals surface area contributed by atoms with Crippen molar-refractivity contribution < 1.29 is 4.79 Å². The van der Waals surface area contributed by atoms with Crippen LogP contribution in [0.25, 0.3) is 0 Å². The van der Waals surface area contributed by atoms with Crippen molar-refractivity contribution in [3.8, 4) is 0 Å². The van der Waals surface area contributed by atoms with Crippen LogP contribution in [0.1, 0.15) is 49.3 Å². The average Bonchev–Trinajstić information content (AvgIpc) is 3.63. The van der Waals surface area contributed by atoms with Crippen LogP contribution in [-0.2, 0) is 23.3 Å². The predicted octanol–water partition coefficient (Wildman–Crippen LogP) is 3.79. The molecule has 1 heterocycles. The van der Waals surface area contributed by atoms with E-state index in [2.05, 4.69) is 77.1 Å². The Morgan fingerprint density at radius 3 is 2.59 bits per heavy atom. The number of piperidine rings is 1. The van der Waals surface area contributed by atoms with Gasteiger partial charge < -0.3 is 16.4 Å². The van der Waals surface area contributed by atoms with Gasteiger partial charge in [0, 0.05) is 31.6 Å². The molecule has 0 bridgehead atoms. The summed E-state index contributed by atoms with van der Waals surface area (Å²) in [5, 5.41) is 6.96. The molecule has 1 saturated heterocycles. The Morgan fingerprint density at radius 1 is 1.12 bits per heavy atom. The van der Waals surface area contributed by atoms with Crippen LogP contribution in [0.4, 0.5) is 0 Å². The molecule has 7 heteroatoms. The Kier molecular flexibility index (Phi) is 9.76. The molecule has 1 atom stereocenters. The van der Waals surface area contributed by atoms with Gasteiger partial charge in [0.05, 0.1) is 12.5 Å². The van der Waals surface area contributed by atoms with E-state index in [1.54, 1.807) is 0 Å². The minimum Gasteiger partial charge on any atom is -0.369 e. The van der Waals surface area contributed by atoms with Crippen LogP contribution >= 0.6 is 24.0 Å². The van der Waals surface area contributed by atoms with Gasteiger partial charge in [-0.2, -0.15) is 0 Å². The lowest BCUT2D eigenvalue weighted by molar-refractivity contribution is -0.123. The first-order chi connectivity index (χ1) is 16.1. The number of rotatable bonds is 9. The lowest BCUT2D eigenvalue weighted by atomic mass is 9.96. The van der Waals surface area contributed by atoms with Crippen LogP contribution < -0.4 is 16.4 Å². The zero-order valence-corrected chi connectivity index (χ0v) is 22.5. The fraction of sp³-hybridized carbons (Fsp3) is 0.481. The number of nitrogens with two attached hydrogens (primary N) is 1. The van der Waals surface area contributed by atoms with Crippen molar-refractivity contribution in [1.29, 1.82) is 0 Å². The molecule has 2 aromatic rings. The van der Waals surface area contributed by atoms with E-state index in [9.17, 15) is 4.79 Å². The Morgan fingerprint density at radius 2 is 1.88 bits per heavy atom. The van der Waals surface area contributed by atoms with E-state index in [0.717, 1.165) is 51.5 Å². The molecule has 1 unspecified atom stereocenters. The van der Waals surface area contributed by atoms with E-state index in [-0.39, 0.29) is 41.2 Å². The lowest BCUT2D eigenvalue weighted by Crippen LogP contribution is -2.41.